The van der Waals surface area contributed by atoms with Gasteiger partial charge in [0.05, 0.1) is 6.04 Å². The van der Waals surface area contributed by atoms with Gasteiger partial charge in [-0.2, -0.15) is 0 Å². The fourth-order valence-electron chi connectivity index (χ4n) is 2.79. The first-order valence-corrected chi connectivity index (χ1v) is 7.59. The molecule has 0 amide bonds. The number of benzene rings is 1. The van der Waals surface area contributed by atoms with Gasteiger partial charge in [0.1, 0.15) is 11.5 Å². The van der Waals surface area contributed by atoms with Crippen molar-refractivity contribution >= 4 is 0 Å². The van der Waals surface area contributed by atoms with Crippen molar-refractivity contribution in [1.82, 2.24) is 4.90 Å². The molecule has 0 radical (unpaired) electrons. The lowest BCUT2D eigenvalue weighted by molar-refractivity contribution is 0.174. The molecule has 0 aliphatic rings. The molecular formula is C18H26N2O. The highest BCUT2D eigenvalue weighted by Crippen LogP contribution is 2.27. The van der Waals surface area contributed by atoms with E-state index < -0.39 is 0 Å². The molecule has 0 aliphatic carbocycles. The van der Waals surface area contributed by atoms with E-state index in [9.17, 15) is 0 Å². The van der Waals surface area contributed by atoms with Crippen LogP contribution in [0.3, 0.4) is 0 Å². The quantitative estimate of drug-likeness (QED) is 0.878. The van der Waals surface area contributed by atoms with Gasteiger partial charge >= 0.3 is 0 Å². The Balaban J connectivity index is 2.20. The number of furan rings is 1. The van der Waals surface area contributed by atoms with Crippen LogP contribution >= 0.6 is 0 Å². The molecule has 0 saturated carbocycles. The highest BCUT2D eigenvalue weighted by atomic mass is 16.3. The van der Waals surface area contributed by atoms with Gasteiger partial charge in [0.15, 0.2) is 0 Å². The van der Waals surface area contributed by atoms with Gasteiger partial charge in [-0.15, -0.1) is 0 Å². The third-order valence-corrected chi connectivity index (χ3v) is 3.92. The van der Waals surface area contributed by atoms with Crippen LogP contribution in [0.4, 0.5) is 0 Å². The molecule has 0 spiro atoms. The number of hydrogen-bond donors (Lipinski definition) is 1. The second-order valence-electron chi connectivity index (χ2n) is 5.87. The third-order valence-electron chi connectivity index (χ3n) is 3.92. The van der Waals surface area contributed by atoms with Crippen LogP contribution in [0.5, 0.6) is 0 Å². The minimum atomic E-state index is 0.0605. The lowest BCUT2D eigenvalue weighted by atomic mass is 10.0. The summed E-state index contributed by atoms with van der Waals surface area (Å²) < 4.78 is 5.83. The highest BCUT2D eigenvalue weighted by molar-refractivity contribution is 5.22. The molecule has 3 heteroatoms. The molecule has 0 aliphatic heterocycles. The summed E-state index contributed by atoms with van der Waals surface area (Å²) >= 11 is 0. The van der Waals surface area contributed by atoms with Gasteiger partial charge < -0.3 is 10.2 Å². The average molecular weight is 286 g/mol. The molecule has 1 heterocycles. The molecule has 2 N–H and O–H groups in total. The van der Waals surface area contributed by atoms with E-state index in [1.807, 2.05) is 19.1 Å². The summed E-state index contributed by atoms with van der Waals surface area (Å²) in [4.78, 5) is 2.28. The molecule has 0 saturated heterocycles. The summed E-state index contributed by atoms with van der Waals surface area (Å²) in [6, 6.07) is 12.8. The van der Waals surface area contributed by atoms with E-state index >= 15 is 0 Å². The van der Waals surface area contributed by atoms with Crippen molar-refractivity contribution in [3.8, 4) is 0 Å². The standard InChI is InChI=1S/C18H26N2O/c1-5-16(19)18(17-10-9-14(3)21-17)20(4)12-15-8-6-7-13(2)11-15/h6-11,16,18H,5,12,19H2,1-4H3. The summed E-state index contributed by atoms with van der Waals surface area (Å²) in [5.41, 5.74) is 8.92. The Morgan fingerprint density at radius 2 is 1.95 bits per heavy atom. The van der Waals surface area contributed by atoms with Crippen molar-refractivity contribution in [2.75, 3.05) is 7.05 Å². The molecule has 2 unspecified atom stereocenters. The predicted octanol–water partition coefficient (Wildman–Crippen LogP) is 3.81. The molecule has 21 heavy (non-hydrogen) atoms. The summed E-state index contributed by atoms with van der Waals surface area (Å²) in [5.74, 6) is 1.89. The van der Waals surface area contributed by atoms with Crippen molar-refractivity contribution < 1.29 is 4.42 Å². The zero-order chi connectivity index (χ0) is 15.4. The highest BCUT2D eigenvalue weighted by Gasteiger charge is 2.26. The van der Waals surface area contributed by atoms with Crippen LogP contribution in [0.2, 0.25) is 0 Å². The SMILES string of the molecule is CCC(N)C(c1ccc(C)o1)N(C)Cc1cccc(C)c1. The monoisotopic (exact) mass is 286 g/mol. The summed E-state index contributed by atoms with van der Waals surface area (Å²) in [7, 11) is 2.11. The molecular weight excluding hydrogens is 260 g/mol. The molecule has 2 atom stereocenters. The molecule has 1 aromatic carbocycles. The van der Waals surface area contributed by atoms with Crippen LogP contribution in [0.15, 0.2) is 40.8 Å². The van der Waals surface area contributed by atoms with Crippen molar-refractivity contribution in [3.63, 3.8) is 0 Å². The number of nitrogens with zero attached hydrogens (tertiary/aromatic N) is 1. The summed E-state index contributed by atoms with van der Waals surface area (Å²) in [6.07, 6.45) is 0.919. The van der Waals surface area contributed by atoms with Gasteiger partial charge in [-0.1, -0.05) is 36.8 Å². The fraction of sp³-hybridized carbons (Fsp3) is 0.444. The lowest BCUT2D eigenvalue weighted by Crippen LogP contribution is -2.38. The zero-order valence-corrected chi connectivity index (χ0v) is 13.5. The van der Waals surface area contributed by atoms with Gasteiger partial charge in [-0.25, -0.2) is 0 Å². The first-order chi connectivity index (χ1) is 10.0. The Labute approximate surface area is 127 Å². The fourth-order valence-corrected chi connectivity index (χ4v) is 2.79. The van der Waals surface area contributed by atoms with E-state index in [1.165, 1.54) is 11.1 Å². The Morgan fingerprint density at radius 1 is 1.19 bits per heavy atom. The number of likely N-dealkylation sites (N-methyl/N-ethyl adjacent to an activating group) is 1. The first kappa shape index (κ1) is 15.8. The maximum atomic E-state index is 6.34. The third kappa shape index (κ3) is 3.96. The molecule has 1 aromatic heterocycles. The summed E-state index contributed by atoms with van der Waals surface area (Å²) in [6.45, 7) is 7.07. The van der Waals surface area contributed by atoms with Crippen molar-refractivity contribution in [3.05, 3.63) is 59.0 Å². The van der Waals surface area contributed by atoms with Crippen molar-refractivity contribution in [2.24, 2.45) is 5.73 Å². The Hall–Kier alpha value is -1.58. The Bertz CT molecular complexity index is 576. The minimum Gasteiger partial charge on any atom is -0.465 e. The summed E-state index contributed by atoms with van der Waals surface area (Å²) in [5, 5.41) is 0. The van der Waals surface area contributed by atoms with E-state index in [0.29, 0.717) is 0 Å². The number of hydrogen-bond acceptors (Lipinski definition) is 3. The van der Waals surface area contributed by atoms with E-state index in [0.717, 1.165) is 24.5 Å². The normalized spacial score (nSPS) is 14.4. The minimum absolute atomic E-state index is 0.0605. The van der Waals surface area contributed by atoms with E-state index in [-0.39, 0.29) is 12.1 Å². The van der Waals surface area contributed by atoms with Gasteiger partial charge in [0, 0.05) is 12.6 Å². The second-order valence-corrected chi connectivity index (χ2v) is 5.87. The lowest BCUT2D eigenvalue weighted by Gasteiger charge is -2.31. The van der Waals surface area contributed by atoms with Crippen molar-refractivity contribution in [1.29, 1.82) is 0 Å². The topological polar surface area (TPSA) is 42.4 Å². The molecule has 0 fully saturated rings. The maximum Gasteiger partial charge on any atom is 0.122 e. The molecule has 114 valence electrons. The van der Waals surface area contributed by atoms with E-state index in [4.69, 9.17) is 10.2 Å². The van der Waals surface area contributed by atoms with E-state index in [2.05, 4.69) is 50.1 Å². The Kier molecular flexibility index (Phi) is 5.21. The zero-order valence-electron chi connectivity index (χ0n) is 13.5. The van der Waals surface area contributed by atoms with Crippen LogP contribution in [0, 0.1) is 13.8 Å². The number of rotatable bonds is 6. The van der Waals surface area contributed by atoms with E-state index in [1.54, 1.807) is 0 Å². The molecule has 2 rings (SSSR count). The maximum absolute atomic E-state index is 6.34. The Morgan fingerprint density at radius 3 is 2.52 bits per heavy atom. The first-order valence-electron chi connectivity index (χ1n) is 7.59. The van der Waals surface area contributed by atoms with Crippen LogP contribution in [-0.4, -0.2) is 18.0 Å². The molecule has 0 bridgehead atoms. The molecule has 2 aromatic rings. The predicted molar refractivity (Wildman–Crippen MR) is 87.1 cm³/mol. The molecule has 3 nitrogen and oxygen atoms in total. The van der Waals surface area contributed by atoms with Crippen LogP contribution < -0.4 is 5.73 Å². The van der Waals surface area contributed by atoms with Crippen molar-refractivity contribution in [2.45, 2.75) is 45.8 Å². The van der Waals surface area contributed by atoms with Gasteiger partial charge in [0.2, 0.25) is 0 Å². The van der Waals surface area contributed by atoms with Crippen LogP contribution in [-0.2, 0) is 6.54 Å². The second kappa shape index (κ2) is 6.92. The van der Waals surface area contributed by atoms with Gasteiger partial charge in [0.25, 0.3) is 0 Å². The average Bonchev–Trinajstić information content (AvgIpc) is 2.85. The van der Waals surface area contributed by atoms with Crippen LogP contribution in [0.1, 0.15) is 42.0 Å². The smallest absolute Gasteiger partial charge is 0.122 e. The number of nitrogens with two attached hydrogens (primary N) is 1. The number of aryl methyl sites for hydroxylation is 2. The van der Waals surface area contributed by atoms with Crippen LogP contribution in [0.25, 0.3) is 0 Å². The van der Waals surface area contributed by atoms with Gasteiger partial charge in [-0.05, 0) is 45.0 Å². The van der Waals surface area contributed by atoms with Gasteiger partial charge in [-0.3, -0.25) is 4.90 Å². The largest absolute Gasteiger partial charge is 0.465 e.